The van der Waals surface area contributed by atoms with Gasteiger partial charge in [0, 0.05) is 49.9 Å². The van der Waals surface area contributed by atoms with Crippen LogP contribution in [-0.2, 0) is 11.2 Å². The van der Waals surface area contributed by atoms with Gasteiger partial charge >= 0.3 is 0 Å². The largest absolute Gasteiger partial charge is 0.368 e. The summed E-state index contributed by atoms with van der Waals surface area (Å²) in [6.45, 7) is 1.55. The van der Waals surface area contributed by atoms with E-state index in [1.165, 1.54) is 0 Å². The number of aromatic nitrogens is 3. The number of rotatable bonds is 2. The Morgan fingerprint density at radius 3 is 3.04 bits per heavy atom. The van der Waals surface area contributed by atoms with Crippen molar-refractivity contribution in [2.24, 2.45) is 0 Å². The van der Waals surface area contributed by atoms with Gasteiger partial charge in [-0.25, -0.2) is 0 Å². The van der Waals surface area contributed by atoms with Crippen molar-refractivity contribution >= 4 is 11.5 Å². The molecule has 6 heteroatoms. The quantitative estimate of drug-likeness (QED) is 0.842. The number of nitriles is 1. The fourth-order valence-electron chi connectivity index (χ4n) is 3.43. The molecule has 1 aliphatic heterocycles. The Bertz CT molecular complexity index is 831. The molecule has 0 N–H and O–H groups in total. The average Bonchev–Trinajstić information content (AvgIpc) is 3.24. The summed E-state index contributed by atoms with van der Waals surface area (Å²) >= 11 is 0. The van der Waals surface area contributed by atoms with Crippen LogP contribution in [0.25, 0.3) is 5.70 Å². The topological polar surface area (TPSA) is 74.8 Å². The summed E-state index contributed by atoms with van der Waals surface area (Å²) in [6, 6.07) is 6.19. The van der Waals surface area contributed by atoms with Crippen LogP contribution in [-0.4, -0.2) is 38.5 Å². The van der Waals surface area contributed by atoms with E-state index in [0.29, 0.717) is 0 Å². The van der Waals surface area contributed by atoms with Crippen LogP contribution in [0.15, 0.2) is 42.5 Å². The first-order chi connectivity index (χ1) is 11.3. The van der Waals surface area contributed by atoms with E-state index in [2.05, 4.69) is 21.1 Å². The SMILES string of the molecule is N#CC1=C(N2CC[C@@H](n3cccn3)C2)c2ccncc2CC1=O. The number of pyridine rings is 1. The summed E-state index contributed by atoms with van der Waals surface area (Å²) in [5, 5.41) is 13.8. The zero-order valence-electron chi connectivity index (χ0n) is 12.5. The second-order valence-electron chi connectivity index (χ2n) is 5.84. The van der Waals surface area contributed by atoms with E-state index in [0.717, 1.165) is 36.3 Å². The van der Waals surface area contributed by atoms with Gasteiger partial charge in [0.25, 0.3) is 0 Å². The van der Waals surface area contributed by atoms with E-state index in [9.17, 15) is 10.1 Å². The molecule has 1 aliphatic carbocycles. The molecule has 0 amide bonds. The number of fused-ring (bicyclic) bond motifs is 1. The van der Waals surface area contributed by atoms with Gasteiger partial charge in [0.1, 0.15) is 11.6 Å². The molecule has 0 bridgehead atoms. The van der Waals surface area contributed by atoms with Crippen LogP contribution >= 0.6 is 0 Å². The van der Waals surface area contributed by atoms with E-state index in [-0.39, 0.29) is 23.8 Å². The molecule has 1 fully saturated rings. The lowest BCUT2D eigenvalue weighted by atomic mass is 9.89. The van der Waals surface area contributed by atoms with Gasteiger partial charge in [-0.2, -0.15) is 10.4 Å². The Balaban J connectivity index is 1.74. The van der Waals surface area contributed by atoms with Gasteiger partial charge in [0.15, 0.2) is 5.78 Å². The highest BCUT2D eigenvalue weighted by Gasteiger charge is 2.33. The number of hydrogen-bond donors (Lipinski definition) is 0. The minimum Gasteiger partial charge on any atom is -0.368 e. The van der Waals surface area contributed by atoms with Gasteiger partial charge in [0.2, 0.25) is 0 Å². The lowest BCUT2D eigenvalue weighted by molar-refractivity contribution is -0.114. The summed E-state index contributed by atoms with van der Waals surface area (Å²) in [5.41, 5.74) is 2.88. The molecule has 114 valence electrons. The van der Waals surface area contributed by atoms with Crippen molar-refractivity contribution < 1.29 is 4.79 Å². The van der Waals surface area contributed by atoms with Gasteiger partial charge in [-0.05, 0) is 24.1 Å². The van der Waals surface area contributed by atoms with Gasteiger partial charge < -0.3 is 4.90 Å². The lowest BCUT2D eigenvalue weighted by Gasteiger charge is -2.28. The predicted molar refractivity (Wildman–Crippen MR) is 82.9 cm³/mol. The zero-order valence-corrected chi connectivity index (χ0v) is 12.5. The van der Waals surface area contributed by atoms with Crippen LogP contribution in [0.1, 0.15) is 23.6 Å². The number of Topliss-reactive ketones (excluding diaryl/α,β-unsaturated/α-hetero) is 1. The fraction of sp³-hybridized carbons (Fsp3) is 0.294. The Morgan fingerprint density at radius 1 is 1.35 bits per heavy atom. The zero-order chi connectivity index (χ0) is 15.8. The van der Waals surface area contributed by atoms with Crippen LogP contribution in [0.2, 0.25) is 0 Å². The molecule has 2 aromatic rings. The molecule has 0 spiro atoms. The fourth-order valence-corrected chi connectivity index (χ4v) is 3.43. The number of carbonyl (C=O) groups excluding carboxylic acids is 1. The van der Waals surface area contributed by atoms with E-state index in [4.69, 9.17) is 0 Å². The van der Waals surface area contributed by atoms with Crippen molar-refractivity contribution in [3.63, 3.8) is 0 Å². The number of likely N-dealkylation sites (tertiary alicyclic amines) is 1. The minimum absolute atomic E-state index is 0.120. The molecule has 2 aliphatic rings. The third-order valence-electron chi connectivity index (χ3n) is 4.52. The Kier molecular flexibility index (Phi) is 3.19. The summed E-state index contributed by atoms with van der Waals surface area (Å²) in [5.74, 6) is -0.120. The lowest BCUT2D eigenvalue weighted by Crippen LogP contribution is -2.27. The number of nitrogens with zero attached hydrogens (tertiary/aromatic N) is 5. The molecule has 1 saturated heterocycles. The second kappa shape index (κ2) is 5.36. The van der Waals surface area contributed by atoms with Crippen molar-refractivity contribution in [2.75, 3.05) is 13.1 Å². The Hall–Kier alpha value is -2.94. The maximum atomic E-state index is 12.3. The molecule has 6 nitrogen and oxygen atoms in total. The third kappa shape index (κ3) is 2.21. The van der Waals surface area contributed by atoms with E-state index in [1.807, 2.05) is 23.0 Å². The summed E-state index contributed by atoms with van der Waals surface area (Å²) in [4.78, 5) is 18.6. The van der Waals surface area contributed by atoms with Crippen molar-refractivity contribution in [1.82, 2.24) is 19.7 Å². The van der Waals surface area contributed by atoms with Gasteiger partial charge in [-0.15, -0.1) is 0 Å². The molecule has 23 heavy (non-hydrogen) atoms. The van der Waals surface area contributed by atoms with E-state index >= 15 is 0 Å². The highest BCUT2D eigenvalue weighted by atomic mass is 16.1. The van der Waals surface area contributed by atoms with Crippen LogP contribution < -0.4 is 0 Å². The summed E-state index contributed by atoms with van der Waals surface area (Å²) in [6.07, 6.45) is 8.36. The first-order valence-corrected chi connectivity index (χ1v) is 7.63. The van der Waals surface area contributed by atoms with Gasteiger partial charge in [0.05, 0.1) is 11.7 Å². The van der Waals surface area contributed by atoms with Crippen molar-refractivity contribution in [3.8, 4) is 6.07 Å². The second-order valence-corrected chi connectivity index (χ2v) is 5.84. The first-order valence-electron chi connectivity index (χ1n) is 7.63. The van der Waals surface area contributed by atoms with Crippen LogP contribution in [0.5, 0.6) is 0 Å². The van der Waals surface area contributed by atoms with Crippen molar-refractivity contribution in [3.05, 3.63) is 53.6 Å². The minimum atomic E-state index is -0.120. The molecular weight excluding hydrogens is 290 g/mol. The molecule has 2 aromatic heterocycles. The molecule has 0 aromatic carbocycles. The van der Waals surface area contributed by atoms with Crippen LogP contribution in [0.4, 0.5) is 0 Å². The summed E-state index contributed by atoms with van der Waals surface area (Å²) < 4.78 is 1.95. The average molecular weight is 305 g/mol. The maximum Gasteiger partial charge on any atom is 0.179 e. The number of allylic oxidation sites excluding steroid dienone is 1. The summed E-state index contributed by atoms with van der Waals surface area (Å²) in [7, 11) is 0. The molecule has 0 radical (unpaired) electrons. The van der Waals surface area contributed by atoms with Crippen LogP contribution in [0.3, 0.4) is 0 Å². The maximum absolute atomic E-state index is 12.3. The number of ketones is 1. The normalized spacial score (nSPS) is 20.6. The van der Waals surface area contributed by atoms with Gasteiger partial charge in [-0.3, -0.25) is 14.5 Å². The van der Waals surface area contributed by atoms with E-state index < -0.39 is 0 Å². The molecular formula is C17H15N5O. The Labute approximate surface area is 133 Å². The molecule has 1 atom stereocenters. The highest BCUT2D eigenvalue weighted by Crippen LogP contribution is 2.35. The smallest absolute Gasteiger partial charge is 0.179 e. The monoisotopic (exact) mass is 305 g/mol. The van der Waals surface area contributed by atoms with Gasteiger partial charge in [-0.1, -0.05) is 0 Å². The van der Waals surface area contributed by atoms with Crippen molar-refractivity contribution in [1.29, 1.82) is 5.26 Å². The highest BCUT2D eigenvalue weighted by molar-refractivity contribution is 6.09. The number of hydrogen-bond acceptors (Lipinski definition) is 5. The van der Waals surface area contributed by atoms with Crippen molar-refractivity contribution in [2.45, 2.75) is 18.9 Å². The van der Waals surface area contributed by atoms with E-state index in [1.54, 1.807) is 18.6 Å². The first kappa shape index (κ1) is 13.7. The molecule has 0 unspecified atom stereocenters. The van der Waals surface area contributed by atoms with Crippen LogP contribution in [0, 0.1) is 11.3 Å². The number of carbonyl (C=O) groups is 1. The molecule has 0 saturated carbocycles. The molecule has 3 heterocycles. The third-order valence-corrected chi connectivity index (χ3v) is 4.52. The standard InChI is InChI=1S/C17H15N5O/c18-9-15-16(23)8-12-10-19-5-2-14(12)17(15)21-7-3-13(11-21)22-6-1-4-20-22/h1-2,4-6,10,13H,3,7-8,11H2/t13-/m1/s1. The Morgan fingerprint density at radius 2 is 2.26 bits per heavy atom. The predicted octanol–water partition coefficient (Wildman–Crippen LogP) is 1.58. The molecule has 4 rings (SSSR count).